The number of aromatic nitrogens is 5. The van der Waals surface area contributed by atoms with Gasteiger partial charge in [-0.05, 0) is 32.0 Å². The first-order valence-corrected chi connectivity index (χ1v) is 8.37. The van der Waals surface area contributed by atoms with E-state index < -0.39 is 0 Å². The van der Waals surface area contributed by atoms with Gasteiger partial charge in [0.05, 0.1) is 24.7 Å². The van der Waals surface area contributed by atoms with E-state index in [-0.39, 0.29) is 5.91 Å². The molecule has 0 saturated heterocycles. The van der Waals surface area contributed by atoms with Gasteiger partial charge in [0.1, 0.15) is 11.4 Å². The smallest absolute Gasteiger partial charge is 0.274 e. The van der Waals surface area contributed by atoms with Crippen LogP contribution in [0.5, 0.6) is 5.75 Å². The van der Waals surface area contributed by atoms with Crippen LogP contribution in [0.15, 0.2) is 43.0 Å². The molecule has 8 nitrogen and oxygen atoms in total. The molecule has 0 aliphatic carbocycles. The van der Waals surface area contributed by atoms with E-state index in [1.165, 1.54) is 6.20 Å². The number of H-pyrrole nitrogens is 1. The number of carbonyl (C=O) groups excluding carboxylic acids is 1. The number of rotatable bonds is 4. The fourth-order valence-corrected chi connectivity index (χ4v) is 3.06. The summed E-state index contributed by atoms with van der Waals surface area (Å²) in [6, 6.07) is 5.21. The minimum absolute atomic E-state index is 0.293. The van der Waals surface area contributed by atoms with Gasteiger partial charge >= 0.3 is 0 Å². The molecule has 4 rings (SSSR count). The average Bonchev–Trinajstić information content (AvgIpc) is 3.28. The standard InChI is InChI=1S/C19H18N6O2/c1-11-17(12(2)24-23-11)13-8-16(18-20-6-7-25(18)10-13)22-19(26)15-5-4-14(27-3)9-21-15/h4-10H,1-3H3,(H,22,26)(H,23,24). The maximum Gasteiger partial charge on any atom is 0.274 e. The van der Waals surface area contributed by atoms with Crippen molar-refractivity contribution in [2.75, 3.05) is 12.4 Å². The summed E-state index contributed by atoms with van der Waals surface area (Å²) < 4.78 is 6.95. The van der Waals surface area contributed by atoms with Crippen molar-refractivity contribution in [2.45, 2.75) is 13.8 Å². The summed E-state index contributed by atoms with van der Waals surface area (Å²) in [6.07, 6.45) is 7.00. The number of nitrogens with zero attached hydrogens (tertiary/aromatic N) is 4. The molecule has 4 heterocycles. The van der Waals surface area contributed by atoms with Crippen molar-refractivity contribution in [3.05, 3.63) is 60.1 Å². The highest BCUT2D eigenvalue weighted by molar-refractivity contribution is 6.05. The van der Waals surface area contributed by atoms with Crippen LogP contribution < -0.4 is 10.1 Å². The summed E-state index contributed by atoms with van der Waals surface area (Å²) in [5, 5.41) is 10.2. The number of ether oxygens (including phenoxy) is 1. The Hall–Kier alpha value is -3.68. The Morgan fingerprint density at radius 1 is 1.26 bits per heavy atom. The number of hydrogen-bond acceptors (Lipinski definition) is 5. The molecule has 0 unspecified atom stereocenters. The van der Waals surface area contributed by atoms with E-state index in [2.05, 4.69) is 25.5 Å². The van der Waals surface area contributed by atoms with Crippen molar-refractivity contribution < 1.29 is 9.53 Å². The van der Waals surface area contributed by atoms with Crippen molar-refractivity contribution in [1.82, 2.24) is 24.6 Å². The Balaban J connectivity index is 1.74. The quantitative estimate of drug-likeness (QED) is 0.582. The van der Waals surface area contributed by atoms with E-state index in [4.69, 9.17) is 4.74 Å². The number of carbonyl (C=O) groups is 1. The Bertz CT molecular complexity index is 1110. The minimum atomic E-state index is -0.319. The van der Waals surface area contributed by atoms with Crippen LogP contribution >= 0.6 is 0 Å². The number of nitrogens with one attached hydrogen (secondary N) is 2. The lowest BCUT2D eigenvalue weighted by atomic mass is 10.1. The highest BCUT2D eigenvalue weighted by Crippen LogP contribution is 2.29. The number of methoxy groups -OCH3 is 1. The zero-order chi connectivity index (χ0) is 19.0. The molecule has 2 N–H and O–H groups in total. The van der Waals surface area contributed by atoms with Crippen molar-refractivity contribution in [2.24, 2.45) is 0 Å². The van der Waals surface area contributed by atoms with E-state index in [0.717, 1.165) is 22.5 Å². The number of fused-ring (bicyclic) bond motifs is 1. The normalized spacial score (nSPS) is 10.9. The highest BCUT2D eigenvalue weighted by Gasteiger charge is 2.16. The number of pyridine rings is 2. The van der Waals surface area contributed by atoms with E-state index >= 15 is 0 Å². The van der Waals surface area contributed by atoms with Crippen molar-refractivity contribution in [3.63, 3.8) is 0 Å². The summed E-state index contributed by atoms with van der Waals surface area (Å²) in [7, 11) is 1.55. The van der Waals surface area contributed by atoms with Gasteiger partial charge in [0.2, 0.25) is 0 Å². The summed E-state index contributed by atoms with van der Waals surface area (Å²) in [4.78, 5) is 21.1. The van der Waals surface area contributed by atoms with Crippen LogP contribution in [0.1, 0.15) is 21.9 Å². The molecule has 1 amide bonds. The van der Waals surface area contributed by atoms with Gasteiger partial charge in [0, 0.05) is 35.4 Å². The van der Waals surface area contributed by atoms with Gasteiger partial charge in [-0.15, -0.1) is 0 Å². The number of amides is 1. The van der Waals surface area contributed by atoms with Crippen LogP contribution in [0.3, 0.4) is 0 Å². The summed E-state index contributed by atoms with van der Waals surface area (Å²) in [5.74, 6) is 0.274. The molecule has 0 fully saturated rings. The maximum atomic E-state index is 12.6. The second kappa shape index (κ2) is 6.56. The third kappa shape index (κ3) is 3.01. The molecule has 0 aromatic carbocycles. The van der Waals surface area contributed by atoms with Crippen molar-refractivity contribution in [3.8, 4) is 16.9 Å². The molecule has 4 aromatic heterocycles. The molecule has 0 bridgehead atoms. The molecule has 8 heteroatoms. The lowest BCUT2D eigenvalue weighted by molar-refractivity contribution is 0.102. The SMILES string of the molecule is COc1ccc(C(=O)Nc2cc(-c3c(C)n[nH]c3C)cn3ccnc23)nc1. The third-order valence-corrected chi connectivity index (χ3v) is 4.36. The molecule has 0 radical (unpaired) electrons. The van der Waals surface area contributed by atoms with Crippen LogP contribution in [0.25, 0.3) is 16.8 Å². The molecule has 0 saturated carbocycles. The van der Waals surface area contributed by atoms with Crippen LogP contribution in [-0.2, 0) is 0 Å². The van der Waals surface area contributed by atoms with Crippen LogP contribution in [0.4, 0.5) is 5.69 Å². The molecule has 0 aliphatic rings. The van der Waals surface area contributed by atoms with Crippen molar-refractivity contribution >= 4 is 17.2 Å². The van der Waals surface area contributed by atoms with Gasteiger partial charge in [0.15, 0.2) is 5.65 Å². The summed E-state index contributed by atoms with van der Waals surface area (Å²) in [6.45, 7) is 3.91. The van der Waals surface area contributed by atoms with E-state index in [1.54, 1.807) is 25.4 Å². The highest BCUT2D eigenvalue weighted by atomic mass is 16.5. The zero-order valence-electron chi connectivity index (χ0n) is 15.1. The van der Waals surface area contributed by atoms with Gasteiger partial charge < -0.3 is 14.5 Å². The van der Waals surface area contributed by atoms with Gasteiger partial charge in [-0.2, -0.15) is 5.10 Å². The number of aromatic amines is 1. The fraction of sp³-hybridized carbons (Fsp3) is 0.158. The molecule has 0 aliphatic heterocycles. The molecule has 0 spiro atoms. The molecular weight excluding hydrogens is 344 g/mol. The first-order valence-electron chi connectivity index (χ1n) is 8.37. The van der Waals surface area contributed by atoms with Crippen LogP contribution in [0, 0.1) is 13.8 Å². The predicted molar refractivity (Wildman–Crippen MR) is 101 cm³/mol. The van der Waals surface area contributed by atoms with Crippen LogP contribution in [-0.4, -0.2) is 37.6 Å². The lowest BCUT2D eigenvalue weighted by Crippen LogP contribution is -2.14. The monoisotopic (exact) mass is 362 g/mol. The first kappa shape index (κ1) is 16.8. The summed E-state index contributed by atoms with van der Waals surface area (Å²) >= 11 is 0. The lowest BCUT2D eigenvalue weighted by Gasteiger charge is -2.10. The summed E-state index contributed by atoms with van der Waals surface area (Å²) in [5.41, 5.74) is 5.33. The van der Waals surface area contributed by atoms with Gasteiger partial charge in [0.25, 0.3) is 5.91 Å². The molecular formula is C19H18N6O2. The maximum absolute atomic E-state index is 12.6. The fourth-order valence-electron chi connectivity index (χ4n) is 3.06. The number of imidazole rings is 1. The largest absolute Gasteiger partial charge is 0.495 e. The molecule has 0 atom stereocenters. The van der Waals surface area contributed by atoms with Crippen molar-refractivity contribution in [1.29, 1.82) is 0 Å². The van der Waals surface area contributed by atoms with Gasteiger partial charge in [-0.1, -0.05) is 0 Å². The number of hydrogen-bond donors (Lipinski definition) is 2. The Labute approximate surface area is 155 Å². The Morgan fingerprint density at radius 3 is 2.78 bits per heavy atom. The Morgan fingerprint density at radius 2 is 2.11 bits per heavy atom. The minimum Gasteiger partial charge on any atom is -0.495 e. The third-order valence-electron chi connectivity index (χ3n) is 4.36. The van der Waals surface area contributed by atoms with E-state index in [1.807, 2.05) is 36.7 Å². The average molecular weight is 362 g/mol. The second-order valence-corrected chi connectivity index (χ2v) is 6.15. The second-order valence-electron chi connectivity index (χ2n) is 6.15. The number of aryl methyl sites for hydroxylation is 2. The first-order chi connectivity index (χ1) is 13.1. The topological polar surface area (TPSA) is 97.2 Å². The molecule has 4 aromatic rings. The Kier molecular flexibility index (Phi) is 4.08. The van der Waals surface area contributed by atoms with E-state index in [0.29, 0.717) is 22.8 Å². The number of anilines is 1. The molecule has 136 valence electrons. The predicted octanol–water partition coefficient (Wildman–Crippen LogP) is 3.00. The van der Waals surface area contributed by atoms with Gasteiger partial charge in [-0.3, -0.25) is 9.89 Å². The van der Waals surface area contributed by atoms with Crippen LogP contribution in [0.2, 0.25) is 0 Å². The zero-order valence-corrected chi connectivity index (χ0v) is 15.1. The molecule has 27 heavy (non-hydrogen) atoms. The van der Waals surface area contributed by atoms with Gasteiger partial charge in [-0.25, -0.2) is 9.97 Å². The van der Waals surface area contributed by atoms with E-state index in [9.17, 15) is 4.79 Å².